The van der Waals surface area contributed by atoms with Crippen LogP contribution in [0.1, 0.15) is 14.9 Å². The summed E-state index contributed by atoms with van der Waals surface area (Å²) in [6, 6.07) is 5.74. The lowest BCUT2D eigenvalue weighted by atomic mass is 10.2. The second-order valence-electron chi connectivity index (χ2n) is 7.53. The molecule has 0 unspecified atom stereocenters. The van der Waals surface area contributed by atoms with E-state index >= 15 is 0 Å². The average molecular weight is 473 g/mol. The number of hydrogen-bond donors (Lipinski definition) is 1. The maximum atomic E-state index is 12.7. The fourth-order valence-corrected chi connectivity index (χ4v) is 5.15. The monoisotopic (exact) mass is 472 g/mol. The molecule has 6 nitrogen and oxygen atoms in total. The SMILES string of the molecule is Cc1nc2cc(OC[C@@H](O)CN3CCN(Cc4cnc(C(F)(F)F)s4)CC3)ccc2s1. The molecular formula is C20H23F3N4O2S2. The predicted octanol–water partition coefficient (Wildman–Crippen LogP) is 3.64. The zero-order valence-corrected chi connectivity index (χ0v) is 18.6. The Morgan fingerprint density at radius 1 is 1.16 bits per heavy atom. The van der Waals surface area contributed by atoms with Crippen LogP contribution in [0.2, 0.25) is 0 Å². The van der Waals surface area contributed by atoms with Crippen molar-refractivity contribution in [2.45, 2.75) is 25.7 Å². The maximum Gasteiger partial charge on any atom is 0.443 e. The smallest absolute Gasteiger partial charge is 0.443 e. The second kappa shape index (κ2) is 9.37. The van der Waals surface area contributed by atoms with E-state index in [1.165, 1.54) is 6.20 Å². The van der Waals surface area contributed by atoms with Gasteiger partial charge in [0.05, 0.1) is 15.2 Å². The van der Waals surface area contributed by atoms with E-state index in [2.05, 4.69) is 19.8 Å². The summed E-state index contributed by atoms with van der Waals surface area (Å²) in [7, 11) is 0. The molecule has 3 aromatic rings. The van der Waals surface area contributed by atoms with E-state index in [0.717, 1.165) is 41.4 Å². The molecule has 3 heterocycles. The van der Waals surface area contributed by atoms with Crippen LogP contribution in [-0.2, 0) is 12.7 Å². The van der Waals surface area contributed by atoms with Gasteiger partial charge in [-0.25, -0.2) is 9.97 Å². The minimum Gasteiger partial charge on any atom is -0.491 e. The highest BCUT2D eigenvalue weighted by atomic mass is 32.1. The summed E-state index contributed by atoms with van der Waals surface area (Å²) in [4.78, 5) is 12.8. The molecule has 0 amide bonds. The summed E-state index contributed by atoms with van der Waals surface area (Å²) in [5.41, 5.74) is 0.897. The van der Waals surface area contributed by atoms with Crippen LogP contribution in [0.3, 0.4) is 0 Å². The number of alkyl halides is 3. The van der Waals surface area contributed by atoms with Gasteiger partial charge < -0.3 is 9.84 Å². The molecule has 1 aliphatic heterocycles. The number of thiazole rings is 2. The Bertz CT molecular complexity index is 1020. The molecule has 0 bridgehead atoms. The Labute approximate surface area is 185 Å². The van der Waals surface area contributed by atoms with Gasteiger partial charge in [0.15, 0.2) is 5.01 Å². The molecule has 11 heteroatoms. The number of rotatable bonds is 7. The van der Waals surface area contributed by atoms with Gasteiger partial charge in [0, 0.05) is 56.4 Å². The summed E-state index contributed by atoms with van der Waals surface area (Å²) in [6.07, 6.45) is -3.70. The van der Waals surface area contributed by atoms with Crippen LogP contribution in [-0.4, -0.2) is 70.3 Å². The van der Waals surface area contributed by atoms with Crippen molar-refractivity contribution in [3.63, 3.8) is 0 Å². The van der Waals surface area contributed by atoms with E-state index < -0.39 is 17.3 Å². The van der Waals surface area contributed by atoms with Crippen molar-refractivity contribution in [1.29, 1.82) is 0 Å². The Hall–Kier alpha value is -1.79. The van der Waals surface area contributed by atoms with Crippen molar-refractivity contribution in [3.05, 3.63) is 39.3 Å². The van der Waals surface area contributed by atoms with Crippen molar-refractivity contribution < 1.29 is 23.0 Å². The highest BCUT2D eigenvalue weighted by Crippen LogP contribution is 2.33. The average Bonchev–Trinajstić information content (AvgIpc) is 3.33. The summed E-state index contributed by atoms with van der Waals surface area (Å²) in [5.74, 6) is 0.685. The normalized spacial score (nSPS) is 17.3. The first kappa shape index (κ1) is 22.4. The maximum absolute atomic E-state index is 12.7. The quantitative estimate of drug-likeness (QED) is 0.567. The predicted molar refractivity (Wildman–Crippen MR) is 115 cm³/mol. The van der Waals surface area contributed by atoms with E-state index in [4.69, 9.17) is 4.74 Å². The van der Waals surface area contributed by atoms with E-state index in [1.54, 1.807) is 11.3 Å². The van der Waals surface area contributed by atoms with Crippen LogP contribution in [0.5, 0.6) is 5.75 Å². The van der Waals surface area contributed by atoms with Crippen LogP contribution < -0.4 is 4.74 Å². The number of aromatic nitrogens is 2. The van der Waals surface area contributed by atoms with Crippen molar-refractivity contribution in [2.24, 2.45) is 0 Å². The van der Waals surface area contributed by atoms with Crippen LogP contribution >= 0.6 is 22.7 Å². The van der Waals surface area contributed by atoms with Crippen LogP contribution in [0.25, 0.3) is 10.2 Å². The van der Waals surface area contributed by atoms with Gasteiger partial charge in [0.25, 0.3) is 0 Å². The van der Waals surface area contributed by atoms with E-state index in [0.29, 0.717) is 35.1 Å². The Balaban J connectivity index is 1.19. The summed E-state index contributed by atoms with van der Waals surface area (Å²) in [5, 5.41) is 10.6. The van der Waals surface area contributed by atoms with Crippen LogP contribution in [0.15, 0.2) is 24.4 Å². The first-order valence-corrected chi connectivity index (χ1v) is 11.5. The number of aryl methyl sites for hydroxylation is 1. The number of hydrogen-bond acceptors (Lipinski definition) is 8. The third-order valence-corrected chi connectivity index (χ3v) is 7.00. The fraction of sp³-hybridized carbons (Fsp3) is 0.500. The largest absolute Gasteiger partial charge is 0.491 e. The molecular weight excluding hydrogens is 449 g/mol. The van der Waals surface area contributed by atoms with Crippen LogP contribution in [0, 0.1) is 6.92 Å². The van der Waals surface area contributed by atoms with Crippen molar-refractivity contribution >= 4 is 32.9 Å². The number of benzene rings is 1. The molecule has 31 heavy (non-hydrogen) atoms. The molecule has 1 aromatic carbocycles. The van der Waals surface area contributed by atoms with Gasteiger partial charge >= 0.3 is 6.18 Å². The lowest BCUT2D eigenvalue weighted by molar-refractivity contribution is -0.137. The third-order valence-electron chi connectivity index (χ3n) is 5.02. The summed E-state index contributed by atoms with van der Waals surface area (Å²) < 4.78 is 44.9. The molecule has 1 N–H and O–H groups in total. The van der Waals surface area contributed by atoms with Gasteiger partial charge in [-0.3, -0.25) is 9.80 Å². The number of nitrogens with zero attached hydrogens (tertiary/aromatic N) is 4. The summed E-state index contributed by atoms with van der Waals surface area (Å²) in [6.45, 7) is 6.05. The minimum atomic E-state index is -4.38. The standard InChI is InChI=1S/C20H23F3N4O2S2/c1-13-25-17-8-15(2-3-18(17)30-13)29-12-14(28)10-26-4-6-27(7-5-26)11-16-9-24-19(31-16)20(21,22)23/h2-3,8-9,14,28H,4-7,10-12H2,1H3/t14-/m0/s1. The first-order valence-electron chi connectivity index (χ1n) is 9.91. The number of aliphatic hydroxyl groups is 1. The van der Waals surface area contributed by atoms with E-state index in [-0.39, 0.29) is 6.61 Å². The number of aliphatic hydroxyl groups excluding tert-OH is 1. The molecule has 4 rings (SSSR count). The number of fused-ring (bicyclic) bond motifs is 1. The molecule has 1 atom stereocenters. The lowest BCUT2D eigenvalue weighted by Gasteiger charge is -2.35. The Morgan fingerprint density at radius 2 is 1.90 bits per heavy atom. The molecule has 1 aliphatic rings. The van der Waals surface area contributed by atoms with Gasteiger partial charge in [-0.2, -0.15) is 13.2 Å². The first-order chi connectivity index (χ1) is 14.8. The molecule has 0 aliphatic carbocycles. The molecule has 1 fully saturated rings. The minimum absolute atomic E-state index is 0.190. The number of halogens is 3. The highest BCUT2D eigenvalue weighted by molar-refractivity contribution is 7.18. The Morgan fingerprint density at radius 3 is 2.61 bits per heavy atom. The Kier molecular flexibility index (Phi) is 6.77. The molecule has 1 saturated heterocycles. The van der Waals surface area contributed by atoms with Gasteiger partial charge in [-0.15, -0.1) is 22.7 Å². The van der Waals surface area contributed by atoms with Crippen molar-refractivity contribution in [2.75, 3.05) is 39.3 Å². The topological polar surface area (TPSA) is 61.7 Å². The van der Waals surface area contributed by atoms with Gasteiger partial charge in [0.2, 0.25) is 0 Å². The molecule has 0 spiro atoms. The highest BCUT2D eigenvalue weighted by Gasteiger charge is 2.34. The molecule has 0 saturated carbocycles. The summed E-state index contributed by atoms with van der Waals surface area (Å²) >= 11 is 2.33. The van der Waals surface area contributed by atoms with E-state index in [1.807, 2.05) is 25.1 Å². The number of ether oxygens (including phenoxy) is 1. The molecule has 0 radical (unpaired) electrons. The zero-order valence-electron chi connectivity index (χ0n) is 16.9. The lowest BCUT2D eigenvalue weighted by Crippen LogP contribution is -2.48. The van der Waals surface area contributed by atoms with Gasteiger partial charge in [-0.05, 0) is 19.1 Å². The molecule has 168 valence electrons. The van der Waals surface area contributed by atoms with E-state index in [9.17, 15) is 18.3 Å². The zero-order chi connectivity index (χ0) is 22.0. The fourth-order valence-electron chi connectivity index (χ4n) is 3.52. The van der Waals surface area contributed by atoms with Gasteiger partial charge in [0.1, 0.15) is 18.5 Å². The number of piperazine rings is 1. The van der Waals surface area contributed by atoms with Crippen molar-refractivity contribution in [3.8, 4) is 5.75 Å². The third kappa shape index (κ3) is 5.92. The van der Waals surface area contributed by atoms with Crippen molar-refractivity contribution in [1.82, 2.24) is 19.8 Å². The van der Waals surface area contributed by atoms with Crippen LogP contribution in [0.4, 0.5) is 13.2 Å². The van der Waals surface area contributed by atoms with Gasteiger partial charge in [-0.1, -0.05) is 0 Å². The number of β-amino-alcohol motifs (C(OH)–C–C–N with tert-alkyl or cyclic N) is 1. The molecule has 2 aromatic heterocycles. The second-order valence-corrected chi connectivity index (χ2v) is 9.88.